The van der Waals surface area contributed by atoms with Crippen molar-refractivity contribution in [1.29, 1.82) is 0 Å². The van der Waals surface area contributed by atoms with Gasteiger partial charge in [-0.05, 0) is 36.3 Å². The molecule has 0 saturated heterocycles. The van der Waals surface area contributed by atoms with Gasteiger partial charge in [-0.3, -0.25) is 0 Å². The molecule has 0 aliphatic heterocycles. The number of rotatable bonds is 5. The predicted octanol–water partition coefficient (Wildman–Crippen LogP) is 2.90. The van der Waals surface area contributed by atoms with E-state index < -0.39 is 17.5 Å². The number of urea groups is 1. The molecule has 1 fully saturated rings. The molecule has 1 aliphatic carbocycles. The molecular weight excluding hydrogens is 288 g/mol. The third-order valence-corrected chi connectivity index (χ3v) is 5.06. The van der Waals surface area contributed by atoms with Crippen LogP contribution in [0.5, 0.6) is 0 Å². The van der Waals surface area contributed by atoms with E-state index in [-0.39, 0.29) is 0 Å². The molecule has 1 aromatic heterocycles. The summed E-state index contributed by atoms with van der Waals surface area (Å²) in [7, 11) is 0. The number of thiophene rings is 1. The van der Waals surface area contributed by atoms with Gasteiger partial charge in [-0.2, -0.15) is 0 Å². The fraction of sp³-hybridized carbons (Fsp3) is 0.600. The van der Waals surface area contributed by atoms with Crippen LogP contribution in [0, 0.1) is 0 Å². The average molecular weight is 310 g/mol. The third-order valence-electron chi connectivity index (χ3n) is 4.10. The molecule has 0 aromatic carbocycles. The van der Waals surface area contributed by atoms with Crippen molar-refractivity contribution >= 4 is 23.3 Å². The summed E-state index contributed by atoms with van der Waals surface area (Å²) in [6.07, 6.45) is 4.67. The average Bonchev–Trinajstić information content (AvgIpc) is 2.93. The number of nitrogens with one attached hydrogen (secondary N) is 2. The van der Waals surface area contributed by atoms with Gasteiger partial charge in [-0.1, -0.05) is 26.2 Å². The molecule has 2 rings (SSSR count). The number of carboxylic acids is 1. The summed E-state index contributed by atoms with van der Waals surface area (Å²) in [5.74, 6) is -0.928. The summed E-state index contributed by atoms with van der Waals surface area (Å²) in [6.45, 7) is 2.52. The summed E-state index contributed by atoms with van der Waals surface area (Å²) in [5.41, 5.74) is 0.136. The normalized spacial score (nSPS) is 17.2. The molecule has 1 heterocycles. The van der Waals surface area contributed by atoms with Crippen LogP contribution in [0.4, 0.5) is 4.79 Å². The van der Waals surface area contributed by atoms with E-state index in [1.807, 2.05) is 5.38 Å². The van der Waals surface area contributed by atoms with Crippen LogP contribution in [-0.2, 0) is 17.8 Å². The van der Waals surface area contributed by atoms with Gasteiger partial charge in [0.2, 0.25) is 0 Å². The second-order valence-electron chi connectivity index (χ2n) is 5.48. The van der Waals surface area contributed by atoms with Crippen LogP contribution in [0.2, 0.25) is 0 Å². The number of aryl methyl sites for hydroxylation is 1. The number of carboxylic acid groups (broad SMARTS) is 1. The van der Waals surface area contributed by atoms with Crippen molar-refractivity contribution in [3.8, 4) is 0 Å². The second kappa shape index (κ2) is 6.93. The molecule has 0 bridgehead atoms. The lowest BCUT2D eigenvalue weighted by molar-refractivity contribution is -0.145. The Hall–Kier alpha value is -1.56. The Morgan fingerprint density at radius 1 is 1.33 bits per heavy atom. The van der Waals surface area contributed by atoms with Crippen LogP contribution in [0.15, 0.2) is 11.4 Å². The van der Waals surface area contributed by atoms with E-state index in [9.17, 15) is 14.7 Å². The highest BCUT2D eigenvalue weighted by Crippen LogP contribution is 2.28. The van der Waals surface area contributed by atoms with Gasteiger partial charge in [0.25, 0.3) is 0 Å². The molecule has 0 radical (unpaired) electrons. The van der Waals surface area contributed by atoms with Crippen molar-refractivity contribution in [2.45, 2.75) is 57.5 Å². The number of carbonyl (C=O) groups excluding carboxylic acids is 1. The largest absolute Gasteiger partial charge is 0.480 e. The minimum atomic E-state index is -1.09. The fourth-order valence-corrected chi connectivity index (χ4v) is 3.72. The van der Waals surface area contributed by atoms with Crippen LogP contribution in [0.3, 0.4) is 0 Å². The van der Waals surface area contributed by atoms with Crippen molar-refractivity contribution in [3.63, 3.8) is 0 Å². The first-order chi connectivity index (χ1) is 10.1. The Labute approximate surface area is 128 Å². The Morgan fingerprint density at radius 3 is 2.67 bits per heavy atom. The molecule has 6 heteroatoms. The highest BCUT2D eigenvalue weighted by Gasteiger charge is 2.40. The topological polar surface area (TPSA) is 78.4 Å². The molecule has 0 atom stereocenters. The lowest BCUT2D eigenvalue weighted by Crippen LogP contribution is -2.57. The van der Waals surface area contributed by atoms with E-state index in [4.69, 9.17) is 0 Å². The summed E-state index contributed by atoms with van der Waals surface area (Å²) >= 11 is 1.61. The minimum Gasteiger partial charge on any atom is -0.480 e. The number of carbonyl (C=O) groups is 2. The van der Waals surface area contributed by atoms with Crippen molar-refractivity contribution in [3.05, 3.63) is 21.9 Å². The first-order valence-corrected chi connectivity index (χ1v) is 8.30. The molecule has 116 valence electrons. The maximum absolute atomic E-state index is 12.0. The van der Waals surface area contributed by atoms with Crippen LogP contribution < -0.4 is 10.6 Å². The predicted molar refractivity (Wildman–Crippen MR) is 82.5 cm³/mol. The lowest BCUT2D eigenvalue weighted by Gasteiger charge is -2.33. The smallest absolute Gasteiger partial charge is 0.329 e. The molecule has 21 heavy (non-hydrogen) atoms. The van der Waals surface area contributed by atoms with Gasteiger partial charge >= 0.3 is 12.0 Å². The van der Waals surface area contributed by atoms with Gasteiger partial charge in [0.05, 0.1) is 6.54 Å². The quantitative estimate of drug-likeness (QED) is 0.782. The van der Waals surface area contributed by atoms with Gasteiger partial charge in [0.1, 0.15) is 5.54 Å². The summed E-state index contributed by atoms with van der Waals surface area (Å²) < 4.78 is 0. The zero-order valence-electron chi connectivity index (χ0n) is 12.3. The molecular formula is C15H22N2O3S. The minimum absolute atomic E-state index is 0.394. The summed E-state index contributed by atoms with van der Waals surface area (Å²) in [4.78, 5) is 24.7. The molecule has 1 aromatic rings. The molecule has 1 saturated carbocycles. The van der Waals surface area contributed by atoms with Gasteiger partial charge in [0, 0.05) is 4.88 Å². The standard InChI is InChI=1S/C15H22N2O3S/c1-2-11-6-9-21-12(11)10-16-14(20)17-15(13(18)19)7-4-3-5-8-15/h6,9H,2-5,7-8,10H2,1H3,(H,18,19)(H2,16,17,20). The lowest BCUT2D eigenvalue weighted by atomic mass is 9.82. The van der Waals surface area contributed by atoms with Crippen molar-refractivity contribution in [2.75, 3.05) is 0 Å². The second-order valence-corrected chi connectivity index (χ2v) is 6.48. The van der Waals surface area contributed by atoms with Crippen LogP contribution in [-0.4, -0.2) is 22.6 Å². The highest BCUT2D eigenvalue weighted by atomic mass is 32.1. The molecule has 0 unspecified atom stereocenters. The van der Waals surface area contributed by atoms with Gasteiger partial charge in [0.15, 0.2) is 0 Å². The number of hydrogen-bond acceptors (Lipinski definition) is 3. The zero-order chi connectivity index (χ0) is 15.3. The van der Waals surface area contributed by atoms with E-state index >= 15 is 0 Å². The number of hydrogen-bond donors (Lipinski definition) is 3. The summed E-state index contributed by atoms with van der Waals surface area (Å²) in [6, 6.07) is 1.66. The molecule has 5 nitrogen and oxygen atoms in total. The van der Waals surface area contributed by atoms with Crippen LogP contribution in [0.1, 0.15) is 49.5 Å². The summed E-state index contributed by atoms with van der Waals surface area (Å²) in [5, 5.41) is 16.9. The van der Waals surface area contributed by atoms with E-state index in [1.165, 1.54) is 5.56 Å². The number of aliphatic carboxylic acids is 1. The van der Waals surface area contributed by atoms with Crippen LogP contribution in [0.25, 0.3) is 0 Å². The Balaban J connectivity index is 1.92. The molecule has 2 amide bonds. The fourth-order valence-electron chi connectivity index (χ4n) is 2.81. The Bertz CT molecular complexity index is 507. The monoisotopic (exact) mass is 310 g/mol. The first kappa shape index (κ1) is 15.8. The van der Waals surface area contributed by atoms with E-state index in [0.717, 1.165) is 30.6 Å². The van der Waals surface area contributed by atoms with E-state index in [2.05, 4.69) is 23.6 Å². The van der Waals surface area contributed by atoms with Crippen molar-refractivity contribution in [2.24, 2.45) is 0 Å². The third kappa shape index (κ3) is 3.75. The van der Waals surface area contributed by atoms with E-state index in [1.54, 1.807) is 11.3 Å². The zero-order valence-corrected chi connectivity index (χ0v) is 13.1. The maximum Gasteiger partial charge on any atom is 0.329 e. The van der Waals surface area contributed by atoms with Gasteiger partial charge in [-0.15, -0.1) is 11.3 Å². The molecule has 0 spiro atoms. The Morgan fingerprint density at radius 2 is 2.05 bits per heavy atom. The van der Waals surface area contributed by atoms with E-state index in [0.29, 0.717) is 19.4 Å². The molecule has 3 N–H and O–H groups in total. The van der Waals surface area contributed by atoms with Crippen LogP contribution >= 0.6 is 11.3 Å². The SMILES string of the molecule is CCc1ccsc1CNC(=O)NC1(C(=O)O)CCCCC1. The highest BCUT2D eigenvalue weighted by molar-refractivity contribution is 7.10. The number of amides is 2. The van der Waals surface area contributed by atoms with Crippen molar-refractivity contribution < 1.29 is 14.7 Å². The van der Waals surface area contributed by atoms with Crippen molar-refractivity contribution in [1.82, 2.24) is 10.6 Å². The van der Waals surface area contributed by atoms with Gasteiger partial charge < -0.3 is 15.7 Å². The Kier molecular flexibility index (Phi) is 5.22. The molecule has 1 aliphatic rings. The first-order valence-electron chi connectivity index (χ1n) is 7.42. The van der Waals surface area contributed by atoms with Gasteiger partial charge in [-0.25, -0.2) is 9.59 Å². The maximum atomic E-state index is 12.0.